The molecule has 0 amide bonds. The summed E-state index contributed by atoms with van der Waals surface area (Å²) >= 11 is 0. The molecule has 1 fully saturated rings. The van der Waals surface area contributed by atoms with Gasteiger partial charge in [0.15, 0.2) is 0 Å². The molecule has 0 unspecified atom stereocenters. The summed E-state index contributed by atoms with van der Waals surface area (Å²) in [6.07, 6.45) is 0.436. The largest absolute Gasteiger partial charge is 0.373 e. The van der Waals surface area contributed by atoms with Crippen molar-refractivity contribution >= 4 is 11.9 Å². The summed E-state index contributed by atoms with van der Waals surface area (Å²) in [4.78, 5) is 14.1. The van der Waals surface area contributed by atoms with E-state index in [-0.39, 0.29) is 24.1 Å². The number of ether oxygens (including phenoxy) is 1. The van der Waals surface area contributed by atoms with Crippen LogP contribution in [0.25, 0.3) is 0 Å². The number of hydrogen-bond acceptors (Lipinski definition) is 7. The lowest BCUT2D eigenvalue weighted by atomic mass is 10.2. The zero-order valence-electron chi connectivity index (χ0n) is 10.1. The van der Waals surface area contributed by atoms with Gasteiger partial charge in [0.05, 0.1) is 18.8 Å². The van der Waals surface area contributed by atoms with Gasteiger partial charge in [-0.25, -0.2) is 0 Å². The van der Waals surface area contributed by atoms with Crippen LogP contribution in [-0.4, -0.2) is 45.1 Å². The second-order valence-electron chi connectivity index (χ2n) is 4.42. The summed E-state index contributed by atoms with van der Waals surface area (Å²) in [6, 6.07) is 0. The monoisotopic (exact) mass is 238 g/mol. The summed E-state index contributed by atoms with van der Waals surface area (Å²) in [6.45, 7) is 6.44. The van der Waals surface area contributed by atoms with Crippen LogP contribution < -0.4 is 11.5 Å². The Morgan fingerprint density at radius 3 is 2.18 bits per heavy atom. The van der Waals surface area contributed by atoms with Gasteiger partial charge in [-0.05, 0) is 13.8 Å². The van der Waals surface area contributed by atoms with Crippen LogP contribution in [-0.2, 0) is 11.3 Å². The van der Waals surface area contributed by atoms with Crippen molar-refractivity contribution in [2.24, 2.45) is 0 Å². The van der Waals surface area contributed by atoms with E-state index >= 15 is 0 Å². The fraction of sp³-hybridized carbons (Fsp3) is 0.700. The van der Waals surface area contributed by atoms with Crippen molar-refractivity contribution in [3.8, 4) is 0 Å². The lowest BCUT2D eigenvalue weighted by molar-refractivity contribution is -0.0710. The predicted molar refractivity (Wildman–Crippen MR) is 63.9 cm³/mol. The maximum Gasteiger partial charge on any atom is 0.225 e. The van der Waals surface area contributed by atoms with E-state index in [9.17, 15) is 0 Å². The molecule has 2 heterocycles. The van der Waals surface area contributed by atoms with E-state index in [4.69, 9.17) is 16.2 Å². The molecule has 1 aliphatic heterocycles. The number of hydrogen-bond donors (Lipinski definition) is 2. The van der Waals surface area contributed by atoms with E-state index in [0.717, 1.165) is 13.1 Å². The van der Waals surface area contributed by atoms with Gasteiger partial charge in [-0.2, -0.15) is 15.0 Å². The van der Waals surface area contributed by atoms with Crippen molar-refractivity contribution in [3.63, 3.8) is 0 Å². The van der Waals surface area contributed by atoms with Crippen LogP contribution in [0.1, 0.15) is 19.7 Å². The number of morpholine rings is 1. The van der Waals surface area contributed by atoms with Crippen molar-refractivity contribution in [1.82, 2.24) is 19.9 Å². The molecule has 1 aliphatic rings. The lowest BCUT2D eigenvalue weighted by Crippen LogP contribution is -2.45. The summed E-state index contributed by atoms with van der Waals surface area (Å²) < 4.78 is 5.66. The Kier molecular flexibility index (Phi) is 3.39. The first-order valence-corrected chi connectivity index (χ1v) is 5.66. The molecule has 17 heavy (non-hydrogen) atoms. The molecule has 0 aliphatic carbocycles. The van der Waals surface area contributed by atoms with Crippen LogP contribution >= 0.6 is 0 Å². The average molecular weight is 238 g/mol. The molecule has 0 radical (unpaired) electrons. The Morgan fingerprint density at radius 1 is 1.12 bits per heavy atom. The minimum Gasteiger partial charge on any atom is -0.373 e. The molecular formula is C10H18N6O. The normalized spacial score (nSPS) is 26.0. The molecule has 0 aromatic carbocycles. The topological polar surface area (TPSA) is 103 Å². The molecule has 0 bridgehead atoms. The van der Waals surface area contributed by atoms with Gasteiger partial charge >= 0.3 is 0 Å². The third kappa shape index (κ3) is 3.24. The zero-order valence-corrected chi connectivity index (χ0v) is 10.1. The molecule has 0 saturated carbocycles. The van der Waals surface area contributed by atoms with Crippen molar-refractivity contribution in [1.29, 1.82) is 0 Å². The van der Waals surface area contributed by atoms with E-state index in [1.807, 2.05) is 0 Å². The summed E-state index contributed by atoms with van der Waals surface area (Å²) in [7, 11) is 0. The Labute approximate surface area is 100 Å². The molecule has 0 spiro atoms. The minimum absolute atomic E-state index is 0.168. The Morgan fingerprint density at radius 2 is 1.65 bits per heavy atom. The summed E-state index contributed by atoms with van der Waals surface area (Å²) in [5.74, 6) is 0.944. The van der Waals surface area contributed by atoms with Crippen LogP contribution in [0.15, 0.2) is 0 Å². The number of rotatable bonds is 2. The smallest absolute Gasteiger partial charge is 0.225 e. The van der Waals surface area contributed by atoms with Crippen LogP contribution in [0.3, 0.4) is 0 Å². The van der Waals surface area contributed by atoms with Gasteiger partial charge in [0.25, 0.3) is 0 Å². The first kappa shape index (κ1) is 12.0. The number of nitrogen functional groups attached to an aromatic ring is 2. The first-order valence-electron chi connectivity index (χ1n) is 5.66. The van der Waals surface area contributed by atoms with Gasteiger partial charge in [0.2, 0.25) is 11.9 Å². The van der Waals surface area contributed by atoms with E-state index in [1.165, 1.54) is 0 Å². The highest BCUT2D eigenvalue weighted by Gasteiger charge is 2.22. The van der Waals surface area contributed by atoms with Crippen molar-refractivity contribution < 1.29 is 4.74 Å². The van der Waals surface area contributed by atoms with Crippen molar-refractivity contribution in [2.45, 2.75) is 32.6 Å². The van der Waals surface area contributed by atoms with Gasteiger partial charge in [-0.1, -0.05) is 0 Å². The minimum atomic E-state index is 0.168. The zero-order chi connectivity index (χ0) is 12.4. The second kappa shape index (κ2) is 4.80. The molecule has 1 aromatic rings. The fourth-order valence-corrected chi connectivity index (χ4v) is 2.14. The molecule has 1 saturated heterocycles. The fourth-order valence-electron chi connectivity index (χ4n) is 2.14. The predicted octanol–water partition coefficient (Wildman–Crippen LogP) is -0.355. The highest BCUT2D eigenvalue weighted by atomic mass is 16.5. The third-order valence-electron chi connectivity index (χ3n) is 2.58. The highest BCUT2D eigenvalue weighted by Crippen LogP contribution is 2.13. The van der Waals surface area contributed by atoms with Crippen molar-refractivity contribution in [2.75, 3.05) is 24.6 Å². The van der Waals surface area contributed by atoms with Crippen LogP contribution in [0.2, 0.25) is 0 Å². The average Bonchev–Trinajstić information content (AvgIpc) is 2.13. The second-order valence-corrected chi connectivity index (χ2v) is 4.42. The van der Waals surface area contributed by atoms with E-state index < -0.39 is 0 Å². The Hall–Kier alpha value is -1.47. The maximum atomic E-state index is 5.66. The molecule has 7 heteroatoms. The Bertz CT molecular complexity index is 368. The number of anilines is 2. The van der Waals surface area contributed by atoms with Gasteiger partial charge in [-0.3, -0.25) is 4.90 Å². The van der Waals surface area contributed by atoms with E-state index in [0.29, 0.717) is 12.4 Å². The van der Waals surface area contributed by atoms with E-state index in [1.54, 1.807) is 0 Å². The number of aromatic nitrogens is 3. The maximum absolute atomic E-state index is 5.66. The van der Waals surface area contributed by atoms with Crippen LogP contribution in [0, 0.1) is 0 Å². The Balaban J connectivity index is 2.04. The molecule has 4 N–H and O–H groups in total. The molecule has 7 nitrogen and oxygen atoms in total. The van der Waals surface area contributed by atoms with Crippen LogP contribution in [0.4, 0.5) is 11.9 Å². The van der Waals surface area contributed by atoms with Gasteiger partial charge in [0, 0.05) is 13.1 Å². The van der Waals surface area contributed by atoms with Crippen LogP contribution in [0.5, 0.6) is 0 Å². The summed E-state index contributed by atoms with van der Waals surface area (Å²) in [5, 5.41) is 0. The molecular weight excluding hydrogens is 220 g/mol. The molecule has 1 aromatic heterocycles. The third-order valence-corrected chi connectivity index (χ3v) is 2.58. The first-order chi connectivity index (χ1) is 8.02. The number of nitrogens with zero attached hydrogens (tertiary/aromatic N) is 4. The van der Waals surface area contributed by atoms with Gasteiger partial charge in [-0.15, -0.1) is 0 Å². The quantitative estimate of drug-likeness (QED) is 0.725. The number of nitrogens with two attached hydrogens (primary N) is 2. The SMILES string of the molecule is C[C@@H]1CN(Cc2nc(N)nc(N)n2)C[C@H](C)O1. The van der Waals surface area contributed by atoms with Crippen molar-refractivity contribution in [3.05, 3.63) is 5.82 Å². The van der Waals surface area contributed by atoms with E-state index in [2.05, 4.69) is 33.7 Å². The lowest BCUT2D eigenvalue weighted by Gasteiger charge is -2.34. The van der Waals surface area contributed by atoms with Gasteiger partial charge < -0.3 is 16.2 Å². The standard InChI is InChI=1S/C10H18N6O/c1-6-3-16(4-7(2)17-6)5-8-13-9(11)15-10(12)14-8/h6-7H,3-5H2,1-2H3,(H4,11,12,13,14,15)/t6-,7+. The molecule has 2 rings (SSSR count). The molecule has 2 atom stereocenters. The van der Waals surface area contributed by atoms with Gasteiger partial charge in [0.1, 0.15) is 5.82 Å². The summed E-state index contributed by atoms with van der Waals surface area (Å²) in [5.41, 5.74) is 11.1. The molecule has 94 valence electrons. The highest BCUT2D eigenvalue weighted by molar-refractivity contribution is 5.25.